The molecule has 0 aromatic heterocycles. The number of carbonyl (C=O) groups is 1. The molecule has 0 bridgehead atoms. The molecule has 1 fully saturated rings. The topological polar surface area (TPSA) is 60.0 Å². The number of esters is 1. The third-order valence-corrected chi connectivity index (χ3v) is 4.89. The molecule has 6 nitrogen and oxygen atoms in total. The summed E-state index contributed by atoms with van der Waals surface area (Å²) in [6, 6.07) is 12.1. The minimum absolute atomic E-state index is 0.291. The minimum Gasteiger partial charge on any atom is -0.477 e. The maximum absolute atomic E-state index is 12.5. The van der Waals surface area contributed by atoms with Crippen molar-refractivity contribution in [1.29, 1.82) is 0 Å². The molecule has 6 heteroatoms. The van der Waals surface area contributed by atoms with E-state index < -0.39 is 0 Å². The molecule has 2 aliphatic rings. The molecule has 0 amide bonds. The highest BCUT2D eigenvalue weighted by molar-refractivity contribution is 5.97. The van der Waals surface area contributed by atoms with Crippen LogP contribution in [0.4, 0.5) is 5.69 Å². The average molecular weight is 368 g/mol. The standard InChI is InChI=1S/C21H24N2O4/c1-2-26-21(24)18-7-6-15(12-19(18)23-8-10-25-11-9-23)17-5-3-4-16-13-22-14-27-20(16)17/h3-7,12,22H,2,8-11,13-14H2,1H3. The minimum atomic E-state index is -0.291. The number of hydrogen-bond donors (Lipinski definition) is 1. The highest BCUT2D eigenvalue weighted by atomic mass is 16.5. The van der Waals surface area contributed by atoms with E-state index in [-0.39, 0.29) is 5.97 Å². The molecule has 2 heterocycles. The number of nitrogens with one attached hydrogen (secondary N) is 1. The van der Waals surface area contributed by atoms with Gasteiger partial charge in [0.25, 0.3) is 0 Å². The van der Waals surface area contributed by atoms with Gasteiger partial charge in [0.15, 0.2) is 0 Å². The highest BCUT2D eigenvalue weighted by Gasteiger charge is 2.22. The summed E-state index contributed by atoms with van der Waals surface area (Å²) in [6.07, 6.45) is 0. The first-order valence-electron chi connectivity index (χ1n) is 9.37. The van der Waals surface area contributed by atoms with Crippen LogP contribution in [0.5, 0.6) is 5.75 Å². The number of fused-ring (bicyclic) bond motifs is 1. The number of nitrogens with zero attached hydrogens (tertiary/aromatic N) is 1. The van der Waals surface area contributed by atoms with Gasteiger partial charge in [-0.1, -0.05) is 24.3 Å². The van der Waals surface area contributed by atoms with Crippen LogP contribution in [0.2, 0.25) is 0 Å². The molecule has 0 spiro atoms. The van der Waals surface area contributed by atoms with Crippen LogP contribution in [0, 0.1) is 0 Å². The Morgan fingerprint density at radius 1 is 1.22 bits per heavy atom. The second-order valence-corrected chi connectivity index (χ2v) is 6.56. The molecule has 0 saturated carbocycles. The SMILES string of the molecule is CCOC(=O)c1ccc(-c2cccc3c2OCNC3)cc1N1CCOCC1. The molecule has 0 atom stereocenters. The van der Waals surface area contributed by atoms with Gasteiger partial charge in [-0.25, -0.2) is 4.79 Å². The summed E-state index contributed by atoms with van der Waals surface area (Å²) >= 11 is 0. The van der Waals surface area contributed by atoms with Crippen molar-refractivity contribution in [1.82, 2.24) is 5.32 Å². The second kappa shape index (κ2) is 7.98. The lowest BCUT2D eigenvalue weighted by Gasteiger charge is -2.31. The number of carbonyl (C=O) groups excluding carboxylic acids is 1. The maximum Gasteiger partial charge on any atom is 0.340 e. The zero-order chi connectivity index (χ0) is 18.6. The summed E-state index contributed by atoms with van der Waals surface area (Å²) < 4.78 is 16.6. The van der Waals surface area contributed by atoms with E-state index in [1.807, 2.05) is 25.1 Å². The number of morpholine rings is 1. The zero-order valence-electron chi connectivity index (χ0n) is 15.5. The van der Waals surface area contributed by atoms with E-state index in [1.54, 1.807) is 0 Å². The van der Waals surface area contributed by atoms with Gasteiger partial charge in [0.05, 0.1) is 31.1 Å². The lowest BCUT2D eigenvalue weighted by atomic mass is 9.98. The molecule has 27 heavy (non-hydrogen) atoms. The average Bonchev–Trinajstić information content (AvgIpc) is 2.74. The number of ether oxygens (including phenoxy) is 3. The summed E-state index contributed by atoms with van der Waals surface area (Å²) in [5.74, 6) is 0.620. The molecular weight excluding hydrogens is 344 g/mol. The second-order valence-electron chi connectivity index (χ2n) is 6.56. The van der Waals surface area contributed by atoms with Gasteiger partial charge in [-0.3, -0.25) is 5.32 Å². The number of para-hydroxylation sites is 1. The van der Waals surface area contributed by atoms with Crippen LogP contribution >= 0.6 is 0 Å². The summed E-state index contributed by atoms with van der Waals surface area (Å²) in [5.41, 5.74) is 4.69. The monoisotopic (exact) mass is 368 g/mol. The number of benzene rings is 2. The van der Waals surface area contributed by atoms with E-state index in [9.17, 15) is 4.79 Å². The molecule has 142 valence electrons. The van der Waals surface area contributed by atoms with Crippen molar-refractivity contribution in [3.05, 3.63) is 47.5 Å². The van der Waals surface area contributed by atoms with E-state index in [0.717, 1.165) is 47.8 Å². The number of hydrogen-bond acceptors (Lipinski definition) is 6. The van der Waals surface area contributed by atoms with Gasteiger partial charge in [-0.05, 0) is 24.6 Å². The van der Waals surface area contributed by atoms with Crippen molar-refractivity contribution in [3.8, 4) is 16.9 Å². The van der Waals surface area contributed by atoms with Crippen LogP contribution in [0.1, 0.15) is 22.8 Å². The predicted molar refractivity (Wildman–Crippen MR) is 103 cm³/mol. The van der Waals surface area contributed by atoms with Gasteiger partial charge in [0.1, 0.15) is 12.5 Å². The smallest absolute Gasteiger partial charge is 0.340 e. The van der Waals surface area contributed by atoms with E-state index in [0.29, 0.717) is 32.1 Å². The largest absolute Gasteiger partial charge is 0.477 e. The van der Waals surface area contributed by atoms with E-state index in [4.69, 9.17) is 14.2 Å². The summed E-state index contributed by atoms with van der Waals surface area (Å²) in [6.45, 7) is 6.29. The van der Waals surface area contributed by atoms with Gasteiger partial charge in [0, 0.05) is 30.8 Å². The van der Waals surface area contributed by atoms with E-state index in [1.165, 1.54) is 0 Å². The first kappa shape index (κ1) is 17.8. The van der Waals surface area contributed by atoms with Crippen molar-refractivity contribution >= 4 is 11.7 Å². The fraction of sp³-hybridized carbons (Fsp3) is 0.381. The lowest BCUT2D eigenvalue weighted by molar-refractivity contribution is 0.0526. The van der Waals surface area contributed by atoms with Gasteiger partial charge >= 0.3 is 5.97 Å². The molecule has 1 saturated heterocycles. The first-order chi connectivity index (χ1) is 13.3. The molecule has 1 N–H and O–H groups in total. The highest BCUT2D eigenvalue weighted by Crippen LogP contribution is 2.37. The maximum atomic E-state index is 12.5. The predicted octanol–water partition coefficient (Wildman–Crippen LogP) is 2.81. The Labute approximate surface area is 159 Å². The molecule has 0 radical (unpaired) electrons. The molecule has 0 unspecified atom stereocenters. The fourth-order valence-corrected chi connectivity index (χ4v) is 3.58. The summed E-state index contributed by atoms with van der Waals surface area (Å²) in [7, 11) is 0. The quantitative estimate of drug-likeness (QED) is 0.838. The Morgan fingerprint density at radius 2 is 2.07 bits per heavy atom. The van der Waals surface area contributed by atoms with Crippen molar-refractivity contribution in [2.45, 2.75) is 13.5 Å². The Hall–Kier alpha value is -2.57. The van der Waals surface area contributed by atoms with Crippen molar-refractivity contribution in [2.75, 3.05) is 44.5 Å². The van der Waals surface area contributed by atoms with E-state index >= 15 is 0 Å². The molecule has 4 rings (SSSR count). The first-order valence-corrected chi connectivity index (χ1v) is 9.37. The molecular formula is C21H24N2O4. The van der Waals surface area contributed by atoms with Crippen LogP contribution in [0.3, 0.4) is 0 Å². The Kier molecular flexibility index (Phi) is 5.27. The van der Waals surface area contributed by atoms with Gasteiger partial charge in [-0.2, -0.15) is 0 Å². The van der Waals surface area contributed by atoms with Crippen LogP contribution < -0.4 is 15.0 Å². The van der Waals surface area contributed by atoms with Gasteiger partial charge < -0.3 is 19.1 Å². The van der Waals surface area contributed by atoms with Crippen molar-refractivity contribution < 1.29 is 19.0 Å². The third-order valence-electron chi connectivity index (χ3n) is 4.89. The zero-order valence-corrected chi connectivity index (χ0v) is 15.5. The lowest BCUT2D eigenvalue weighted by Crippen LogP contribution is -2.37. The molecule has 2 aromatic carbocycles. The Bertz CT molecular complexity index is 831. The summed E-state index contributed by atoms with van der Waals surface area (Å²) in [4.78, 5) is 14.7. The third kappa shape index (κ3) is 3.63. The van der Waals surface area contributed by atoms with Crippen LogP contribution in [-0.2, 0) is 16.0 Å². The van der Waals surface area contributed by atoms with Crippen LogP contribution in [-0.4, -0.2) is 45.6 Å². The van der Waals surface area contributed by atoms with Gasteiger partial charge in [0.2, 0.25) is 0 Å². The molecule has 2 aliphatic heterocycles. The molecule has 2 aromatic rings. The van der Waals surface area contributed by atoms with Gasteiger partial charge in [-0.15, -0.1) is 0 Å². The van der Waals surface area contributed by atoms with Crippen LogP contribution in [0.15, 0.2) is 36.4 Å². The van der Waals surface area contributed by atoms with Crippen molar-refractivity contribution in [3.63, 3.8) is 0 Å². The Morgan fingerprint density at radius 3 is 2.89 bits per heavy atom. The van der Waals surface area contributed by atoms with Crippen molar-refractivity contribution in [2.24, 2.45) is 0 Å². The Balaban J connectivity index is 1.78. The number of anilines is 1. The normalized spacial score (nSPS) is 16.4. The van der Waals surface area contributed by atoms with Crippen LogP contribution in [0.25, 0.3) is 11.1 Å². The number of rotatable bonds is 4. The van der Waals surface area contributed by atoms with E-state index in [2.05, 4.69) is 28.4 Å². The fourth-order valence-electron chi connectivity index (χ4n) is 3.58. The summed E-state index contributed by atoms with van der Waals surface area (Å²) in [5, 5.41) is 3.22. The molecule has 0 aliphatic carbocycles.